The number of furan rings is 1. The standard InChI is InChI=1S/C28H25N5O6S/c1-37-16-25(34)30-21-15-18(9-10-23(21)38-2)32-27(26(31-28(32)40)20-8-3-4-13-29-20)24-12-11-22(39-24)17-6-5-7-19(14-17)33(35)36/h3-15,26-27H,16H2,1-2H3,(H,30,34)(H,31,40)/t26-,27+/m1/s1. The highest BCUT2D eigenvalue weighted by molar-refractivity contribution is 7.80. The molecule has 1 aliphatic heterocycles. The third-order valence-electron chi connectivity index (χ3n) is 6.37. The Kier molecular flexibility index (Phi) is 7.71. The summed E-state index contributed by atoms with van der Waals surface area (Å²) in [5.41, 5.74) is 2.40. The van der Waals surface area contributed by atoms with Gasteiger partial charge in [-0.2, -0.15) is 0 Å². The van der Waals surface area contributed by atoms with Gasteiger partial charge in [0.05, 0.1) is 29.5 Å². The van der Waals surface area contributed by atoms with E-state index in [1.54, 1.807) is 36.5 Å². The van der Waals surface area contributed by atoms with Crippen molar-refractivity contribution in [2.24, 2.45) is 0 Å². The maximum atomic E-state index is 12.3. The van der Waals surface area contributed by atoms with Gasteiger partial charge < -0.3 is 29.4 Å². The summed E-state index contributed by atoms with van der Waals surface area (Å²) in [7, 11) is 2.95. The molecule has 0 saturated carbocycles. The van der Waals surface area contributed by atoms with Crippen molar-refractivity contribution in [3.8, 4) is 17.1 Å². The smallest absolute Gasteiger partial charge is 0.270 e. The monoisotopic (exact) mass is 559 g/mol. The maximum absolute atomic E-state index is 12.3. The average Bonchev–Trinajstić information content (AvgIpc) is 3.58. The molecule has 0 unspecified atom stereocenters. The van der Waals surface area contributed by atoms with Gasteiger partial charge in [0, 0.05) is 36.7 Å². The summed E-state index contributed by atoms with van der Waals surface area (Å²) >= 11 is 5.79. The molecule has 1 saturated heterocycles. The maximum Gasteiger partial charge on any atom is 0.270 e. The van der Waals surface area contributed by atoms with Crippen molar-refractivity contribution in [1.82, 2.24) is 10.3 Å². The molecule has 1 amide bonds. The number of carbonyl (C=O) groups is 1. The van der Waals surface area contributed by atoms with E-state index in [0.717, 1.165) is 5.69 Å². The van der Waals surface area contributed by atoms with Gasteiger partial charge in [-0.1, -0.05) is 18.2 Å². The van der Waals surface area contributed by atoms with Crippen molar-refractivity contribution in [3.05, 3.63) is 101 Å². The number of nitrogens with zero attached hydrogens (tertiary/aromatic N) is 3. The number of nitro benzene ring substituents is 1. The average molecular weight is 560 g/mol. The highest BCUT2D eigenvalue weighted by Crippen LogP contribution is 2.44. The summed E-state index contributed by atoms with van der Waals surface area (Å²) in [6.45, 7) is -0.117. The van der Waals surface area contributed by atoms with Gasteiger partial charge in [-0.05, 0) is 54.7 Å². The summed E-state index contributed by atoms with van der Waals surface area (Å²) in [5.74, 6) is 1.16. The number of rotatable bonds is 9. The van der Waals surface area contributed by atoms with E-state index in [1.807, 2.05) is 35.2 Å². The van der Waals surface area contributed by atoms with Crippen LogP contribution < -0.4 is 20.3 Å². The zero-order valence-electron chi connectivity index (χ0n) is 21.6. The molecule has 4 aromatic rings. The fraction of sp³-hybridized carbons (Fsp3) is 0.179. The number of hydrogen-bond donors (Lipinski definition) is 2. The van der Waals surface area contributed by atoms with E-state index >= 15 is 0 Å². The lowest BCUT2D eigenvalue weighted by Gasteiger charge is -2.27. The summed E-state index contributed by atoms with van der Waals surface area (Å²) in [6, 6.07) is 19.9. The van der Waals surface area contributed by atoms with E-state index in [9.17, 15) is 14.9 Å². The molecule has 1 aliphatic rings. The first kappa shape index (κ1) is 26.8. The highest BCUT2D eigenvalue weighted by atomic mass is 32.1. The Bertz CT molecular complexity index is 1560. The number of thiocarbonyl (C=S) groups is 1. The minimum Gasteiger partial charge on any atom is -0.495 e. The summed E-state index contributed by atoms with van der Waals surface area (Å²) in [6.07, 6.45) is 1.70. The van der Waals surface area contributed by atoms with Crippen LogP contribution in [0.5, 0.6) is 5.75 Å². The van der Waals surface area contributed by atoms with E-state index in [4.69, 9.17) is 26.1 Å². The third kappa shape index (κ3) is 5.35. The number of non-ortho nitro benzene ring substituents is 1. The predicted octanol–water partition coefficient (Wildman–Crippen LogP) is 5.02. The van der Waals surface area contributed by atoms with Crippen LogP contribution in [0.1, 0.15) is 23.5 Å². The molecule has 12 heteroatoms. The fourth-order valence-electron chi connectivity index (χ4n) is 4.62. The van der Waals surface area contributed by atoms with Gasteiger partial charge in [0.1, 0.15) is 29.9 Å². The van der Waals surface area contributed by atoms with Crippen LogP contribution in [0.3, 0.4) is 0 Å². The van der Waals surface area contributed by atoms with Crippen molar-refractivity contribution in [3.63, 3.8) is 0 Å². The second-order valence-electron chi connectivity index (χ2n) is 8.87. The van der Waals surface area contributed by atoms with Gasteiger partial charge >= 0.3 is 0 Å². The quantitative estimate of drug-likeness (QED) is 0.164. The van der Waals surface area contributed by atoms with Crippen LogP contribution in [0.25, 0.3) is 11.3 Å². The number of benzene rings is 2. The molecule has 1 fully saturated rings. The number of pyridine rings is 1. The zero-order valence-corrected chi connectivity index (χ0v) is 22.4. The van der Waals surface area contributed by atoms with Crippen LogP contribution in [0.15, 0.2) is 83.4 Å². The summed E-state index contributed by atoms with van der Waals surface area (Å²) in [5, 5.41) is 17.9. The van der Waals surface area contributed by atoms with Crippen LogP contribution >= 0.6 is 12.2 Å². The fourth-order valence-corrected chi connectivity index (χ4v) is 4.97. The topological polar surface area (TPSA) is 132 Å². The van der Waals surface area contributed by atoms with Crippen molar-refractivity contribution in [1.29, 1.82) is 0 Å². The van der Waals surface area contributed by atoms with E-state index < -0.39 is 11.0 Å². The Morgan fingerprint density at radius 1 is 1.15 bits per heavy atom. The SMILES string of the molecule is COCC(=O)Nc1cc(N2C(=S)N[C@H](c3ccccn3)[C@@H]2c2ccc(-c3cccc([N+](=O)[O-])c3)o2)ccc1OC. The lowest BCUT2D eigenvalue weighted by molar-refractivity contribution is -0.384. The molecule has 2 aromatic carbocycles. The number of hydrogen-bond acceptors (Lipinski definition) is 8. The van der Waals surface area contributed by atoms with E-state index in [-0.39, 0.29) is 24.2 Å². The molecule has 0 bridgehead atoms. The second-order valence-corrected chi connectivity index (χ2v) is 9.26. The van der Waals surface area contributed by atoms with Crippen molar-refractivity contribution in [2.45, 2.75) is 12.1 Å². The number of carbonyl (C=O) groups excluding carboxylic acids is 1. The van der Waals surface area contributed by atoms with Gasteiger partial charge in [-0.3, -0.25) is 19.9 Å². The molecule has 0 spiro atoms. The lowest BCUT2D eigenvalue weighted by Crippen LogP contribution is -2.29. The normalized spacial score (nSPS) is 16.4. The number of anilines is 2. The molecule has 2 aromatic heterocycles. The molecule has 2 atom stereocenters. The Hall–Kier alpha value is -4.81. The van der Waals surface area contributed by atoms with Crippen LogP contribution in [0.2, 0.25) is 0 Å². The van der Waals surface area contributed by atoms with Gasteiger partial charge in [-0.25, -0.2) is 0 Å². The molecule has 0 radical (unpaired) electrons. The number of ether oxygens (including phenoxy) is 2. The van der Waals surface area contributed by atoms with Gasteiger partial charge in [-0.15, -0.1) is 0 Å². The van der Waals surface area contributed by atoms with Crippen molar-refractivity contribution >= 4 is 40.3 Å². The molecule has 40 heavy (non-hydrogen) atoms. The van der Waals surface area contributed by atoms with Crippen LogP contribution in [-0.2, 0) is 9.53 Å². The molecule has 2 N–H and O–H groups in total. The number of nitro groups is 1. The minimum absolute atomic E-state index is 0.0339. The van der Waals surface area contributed by atoms with Crippen molar-refractivity contribution in [2.75, 3.05) is 31.0 Å². The lowest BCUT2D eigenvalue weighted by atomic mass is 10.0. The third-order valence-corrected chi connectivity index (χ3v) is 6.68. The zero-order chi connectivity index (χ0) is 28.2. The van der Waals surface area contributed by atoms with Crippen LogP contribution in [0.4, 0.5) is 17.1 Å². The van der Waals surface area contributed by atoms with E-state index in [0.29, 0.717) is 39.3 Å². The number of aromatic nitrogens is 1. The summed E-state index contributed by atoms with van der Waals surface area (Å²) < 4.78 is 16.7. The second kappa shape index (κ2) is 11.5. The van der Waals surface area contributed by atoms with Gasteiger partial charge in [0.15, 0.2) is 5.11 Å². The molecule has 3 heterocycles. The molecular formula is C28H25N5O6S. The molecular weight excluding hydrogens is 534 g/mol. The number of nitrogens with one attached hydrogen (secondary N) is 2. The predicted molar refractivity (Wildman–Crippen MR) is 152 cm³/mol. The Balaban J connectivity index is 1.58. The first-order valence-corrected chi connectivity index (χ1v) is 12.6. The summed E-state index contributed by atoms with van der Waals surface area (Å²) in [4.78, 5) is 29.6. The minimum atomic E-state index is -0.481. The Morgan fingerprint density at radius 2 is 2.00 bits per heavy atom. The largest absolute Gasteiger partial charge is 0.495 e. The first-order chi connectivity index (χ1) is 19.4. The molecule has 0 aliphatic carbocycles. The van der Waals surface area contributed by atoms with Gasteiger partial charge in [0.2, 0.25) is 5.91 Å². The number of amides is 1. The Labute approximate surface area is 234 Å². The molecule has 5 rings (SSSR count). The van der Waals surface area contributed by atoms with E-state index in [2.05, 4.69) is 15.6 Å². The van der Waals surface area contributed by atoms with Crippen LogP contribution in [-0.4, -0.2) is 41.8 Å². The van der Waals surface area contributed by atoms with E-state index in [1.165, 1.54) is 26.4 Å². The Morgan fingerprint density at radius 3 is 2.73 bits per heavy atom. The number of methoxy groups -OCH3 is 2. The first-order valence-electron chi connectivity index (χ1n) is 12.2. The highest BCUT2D eigenvalue weighted by Gasteiger charge is 2.43. The molecule has 11 nitrogen and oxygen atoms in total. The van der Waals surface area contributed by atoms with Crippen LogP contribution in [0, 0.1) is 10.1 Å². The van der Waals surface area contributed by atoms with Crippen molar-refractivity contribution < 1.29 is 23.6 Å². The molecule has 204 valence electrons. The van der Waals surface area contributed by atoms with Gasteiger partial charge in [0.25, 0.3) is 5.69 Å².